The monoisotopic (exact) mass is 389 g/mol. The van der Waals surface area contributed by atoms with Crippen molar-refractivity contribution in [2.45, 2.75) is 11.1 Å². The Morgan fingerprint density at radius 1 is 1.26 bits per heavy atom. The summed E-state index contributed by atoms with van der Waals surface area (Å²) >= 11 is 4.75. The van der Waals surface area contributed by atoms with Crippen LogP contribution in [0.5, 0.6) is 5.88 Å². The van der Waals surface area contributed by atoms with Crippen LogP contribution in [-0.2, 0) is 0 Å². The summed E-state index contributed by atoms with van der Waals surface area (Å²) in [6.07, 6.45) is 1.84. The van der Waals surface area contributed by atoms with Crippen molar-refractivity contribution in [2.75, 3.05) is 12.0 Å². The second kappa shape index (κ2) is 6.10. The van der Waals surface area contributed by atoms with E-state index in [-0.39, 0.29) is 11.7 Å². The Bertz CT molecular complexity index is 844. The molecule has 1 aliphatic rings. The van der Waals surface area contributed by atoms with E-state index in [9.17, 15) is 5.26 Å². The number of halogens is 1. The highest BCUT2D eigenvalue weighted by atomic mass is 79.9. The molecule has 0 bridgehead atoms. The third kappa shape index (κ3) is 2.73. The lowest BCUT2D eigenvalue weighted by Crippen LogP contribution is -2.23. The second-order valence-corrected chi connectivity index (χ2v) is 6.48. The zero-order chi connectivity index (χ0) is 16.6. The molecule has 1 aromatic heterocycles. The fourth-order valence-corrected chi connectivity index (χ4v) is 3.07. The van der Waals surface area contributed by atoms with Gasteiger partial charge in [-0.1, -0.05) is 39.8 Å². The van der Waals surface area contributed by atoms with E-state index in [1.807, 2.05) is 30.5 Å². The van der Waals surface area contributed by atoms with E-state index < -0.39 is 5.92 Å². The molecular weight excluding hydrogens is 378 g/mol. The van der Waals surface area contributed by atoms with Crippen LogP contribution < -0.4 is 16.2 Å². The zero-order valence-electron chi connectivity index (χ0n) is 12.1. The highest BCUT2D eigenvalue weighted by Gasteiger charge is 2.34. The summed E-state index contributed by atoms with van der Waals surface area (Å²) in [4.78, 5) is 8.58. The number of thioether (sulfide) groups is 1. The van der Waals surface area contributed by atoms with Crippen LogP contribution in [0.15, 0.2) is 45.4 Å². The number of nitrogen functional groups attached to an aromatic ring is 1. The highest BCUT2D eigenvalue weighted by Crippen LogP contribution is 2.44. The lowest BCUT2D eigenvalue weighted by molar-refractivity contribution is 0.373. The predicted octanol–water partition coefficient (Wildman–Crippen LogP) is 2.76. The first-order chi connectivity index (χ1) is 11.0. The van der Waals surface area contributed by atoms with Crippen LogP contribution in [0.25, 0.3) is 0 Å². The number of aromatic nitrogens is 2. The van der Waals surface area contributed by atoms with Gasteiger partial charge in [0.2, 0.25) is 11.8 Å². The van der Waals surface area contributed by atoms with Gasteiger partial charge < -0.3 is 16.2 Å². The average Bonchev–Trinajstić information content (AvgIpc) is 2.54. The SMILES string of the molecule is CSc1nc(N)c2c(n1)OC(N)=C(C#N)[C@H]2c1ccc(Br)cc1. The standard InChI is InChI=1S/C15H12BrN5OS/c1-23-15-20-12(18)11-10(7-2-4-8(16)5-3-7)9(6-17)13(19)22-14(11)21-15/h2-5,10H,19H2,1H3,(H2,18,20,21)/t10-/m1/s1. The van der Waals surface area contributed by atoms with Crippen molar-refractivity contribution in [3.8, 4) is 11.9 Å². The number of anilines is 1. The van der Waals surface area contributed by atoms with E-state index in [1.54, 1.807) is 0 Å². The molecule has 0 saturated carbocycles. The molecule has 23 heavy (non-hydrogen) atoms. The third-order valence-electron chi connectivity index (χ3n) is 3.48. The number of hydrogen-bond donors (Lipinski definition) is 2. The van der Waals surface area contributed by atoms with Gasteiger partial charge in [0, 0.05) is 4.47 Å². The van der Waals surface area contributed by atoms with Crippen LogP contribution in [0.2, 0.25) is 0 Å². The number of fused-ring (bicyclic) bond motifs is 1. The molecule has 116 valence electrons. The normalized spacial score (nSPS) is 16.5. The lowest BCUT2D eigenvalue weighted by Gasteiger charge is -2.26. The summed E-state index contributed by atoms with van der Waals surface area (Å²) in [7, 11) is 0. The van der Waals surface area contributed by atoms with E-state index in [0.29, 0.717) is 22.2 Å². The fourth-order valence-electron chi connectivity index (χ4n) is 2.44. The summed E-state index contributed by atoms with van der Waals surface area (Å²) in [6, 6.07) is 9.70. The van der Waals surface area contributed by atoms with Crippen LogP contribution in [0.1, 0.15) is 17.0 Å². The molecule has 4 N–H and O–H groups in total. The molecule has 0 aliphatic carbocycles. The third-order valence-corrected chi connectivity index (χ3v) is 4.55. The number of benzene rings is 1. The summed E-state index contributed by atoms with van der Waals surface area (Å²) in [6.45, 7) is 0. The van der Waals surface area contributed by atoms with Crippen LogP contribution >= 0.6 is 27.7 Å². The number of nitriles is 1. The number of nitrogens with zero attached hydrogens (tertiary/aromatic N) is 3. The first-order valence-corrected chi connectivity index (χ1v) is 8.61. The molecule has 2 heterocycles. The maximum Gasteiger partial charge on any atom is 0.231 e. The van der Waals surface area contributed by atoms with Gasteiger partial charge in [-0.05, 0) is 24.0 Å². The second-order valence-electron chi connectivity index (χ2n) is 4.79. The van der Waals surface area contributed by atoms with Crippen molar-refractivity contribution in [1.29, 1.82) is 5.26 Å². The Labute approximate surface area is 145 Å². The molecule has 0 spiro atoms. The molecule has 2 aromatic rings. The fraction of sp³-hybridized carbons (Fsp3) is 0.133. The summed E-state index contributed by atoms with van der Waals surface area (Å²) in [5, 5.41) is 9.99. The number of nitrogens with two attached hydrogens (primary N) is 2. The van der Waals surface area contributed by atoms with Crippen LogP contribution in [0.4, 0.5) is 5.82 Å². The number of allylic oxidation sites excluding steroid dienone is 1. The minimum Gasteiger partial charge on any atom is -0.422 e. The van der Waals surface area contributed by atoms with Crippen molar-refractivity contribution in [3.63, 3.8) is 0 Å². The van der Waals surface area contributed by atoms with Crippen molar-refractivity contribution >= 4 is 33.5 Å². The molecule has 8 heteroatoms. The Hall–Kier alpha value is -2.24. The van der Waals surface area contributed by atoms with E-state index >= 15 is 0 Å². The van der Waals surface area contributed by atoms with E-state index in [1.165, 1.54) is 11.8 Å². The number of ether oxygens (including phenoxy) is 1. The van der Waals surface area contributed by atoms with Crippen LogP contribution in [-0.4, -0.2) is 16.2 Å². The Morgan fingerprint density at radius 3 is 2.57 bits per heavy atom. The molecule has 0 radical (unpaired) electrons. The minimum atomic E-state index is -0.451. The van der Waals surface area contributed by atoms with Gasteiger partial charge in [0.15, 0.2) is 5.16 Å². The van der Waals surface area contributed by atoms with E-state index in [4.69, 9.17) is 16.2 Å². The van der Waals surface area contributed by atoms with Gasteiger partial charge >= 0.3 is 0 Å². The van der Waals surface area contributed by atoms with E-state index in [0.717, 1.165) is 10.0 Å². The maximum atomic E-state index is 9.50. The Kier molecular flexibility index (Phi) is 4.15. The molecule has 0 fully saturated rings. The maximum absolute atomic E-state index is 9.50. The minimum absolute atomic E-state index is 0.0399. The molecule has 6 nitrogen and oxygen atoms in total. The van der Waals surface area contributed by atoms with Gasteiger partial charge in [0.25, 0.3) is 0 Å². The van der Waals surface area contributed by atoms with Gasteiger partial charge in [-0.3, -0.25) is 0 Å². The molecule has 1 atom stereocenters. The van der Waals surface area contributed by atoms with Crippen molar-refractivity contribution in [1.82, 2.24) is 9.97 Å². The molecule has 1 aromatic carbocycles. The highest BCUT2D eigenvalue weighted by molar-refractivity contribution is 9.10. The smallest absolute Gasteiger partial charge is 0.231 e. The topological polar surface area (TPSA) is 111 Å². The number of rotatable bonds is 2. The Morgan fingerprint density at radius 2 is 1.96 bits per heavy atom. The van der Waals surface area contributed by atoms with Gasteiger partial charge in [-0.25, -0.2) is 4.98 Å². The molecular formula is C15H12BrN5OS. The molecule has 0 amide bonds. The quantitative estimate of drug-likeness (QED) is 0.599. The Balaban J connectivity index is 2.25. The largest absolute Gasteiger partial charge is 0.422 e. The summed E-state index contributed by atoms with van der Waals surface area (Å²) in [5.74, 6) is 0.171. The van der Waals surface area contributed by atoms with Gasteiger partial charge in [0.05, 0.1) is 11.5 Å². The first kappa shape index (κ1) is 15.6. The number of hydrogen-bond acceptors (Lipinski definition) is 7. The molecule has 1 aliphatic heterocycles. The van der Waals surface area contributed by atoms with Crippen molar-refractivity contribution in [2.24, 2.45) is 5.73 Å². The molecule has 0 saturated heterocycles. The zero-order valence-corrected chi connectivity index (χ0v) is 14.5. The van der Waals surface area contributed by atoms with Crippen LogP contribution in [0.3, 0.4) is 0 Å². The molecule has 3 rings (SSSR count). The average molecular weight is 390 g/mol. The molecule has 0 unspecified atom stereocenters. The summed E-state index contributed by atoms with van der Waals surface area (Å²) < 4.78 is 6.45. The lowest BCUT2D eigenvalue weighted by atomic mass is 9.85. The van der Waals surface area contributed by atoms with Gasteiger partial charge in [-0.2, -0.15) is 10.2 Å². The van der Waals surface area contributed by atoms with Gasteiger partial charge in [-0.15, -0.1) is 0 Å². The van der Waals surface area contributed by atoms with E-state index in [2.05, 4.69) is 32.0 Å². The first-order valence-electron chi connectivity index (χ1n) is 6.59. The van der Waals surface area contributed by atoms with Gasteiger partial charge in [0.1, 0.15) is 17.5 Å². The van der Waals surface area contributed by atoms with Crippen molar-refractivity contribution < 1.29 is 4.74 Å². The summed E-state index contributed by atoms with van der Waals surface area (Å²) in [5.41, 5.74) is 13.8. The van der Waals surface area contributed by atoms with Crippen LogP contribution in [0, 0.1) is 11.3 Å². The van der Waals surface area contributed by atoms with Crippen molar-refractivity contribution in [3.05, 3.63) is 51.3 Å². The predicted molar refractivity (Wildman–Crippen MR) is 91.7 cm³/mol.